The van der Waals surface area contributed by atoms with Crippen molar-refractivity contribution in [1.29, 1.82) is 0 Å². The van der Waals surface area contributed by atoms with Crippen molar-refractivity contribution in [2.45, 2.75) is 44.8 Å². The Hall–Kier alpha value is -1.50. The summed E-state index contributed by atoms with van der Waals surface area (Å²) in [6.45, 7) is 0.978. The topological polar surface area (TPSA) is 75.4 Å². The summed E-state index contributed by atoms with van der Waals surface area (Å²) in [7, 11) is 0. The van der Waals surface area contributed by atoms with Crippen LogP contribution in [0.25, 0.3) is 0 Å². The van der Waals surface area contributed by atoms with Crippen LogP contribution in [0.2, 0.25) is 0 Å². The summed E-state index contributed by atoms with van der Waals surface area (Å²) >= 11 is 0. The Bertz CT molecular complexity index is 483. The summed E-state index contributed by atoms with van der Waals surface area (Å²) in [5.74, 6) is -1.18. The second-order valence-electron chi connectivity index (χ2n) is 4.69. The minimum absolute atomic E-state index is 0.214. The number of carbonyl (C=O) groups is 1. The molecule has 2 N–H and O–H groups in total. The largest absolute Gasteiger partial charge is 0.480 e. The molecule has 1 heterocycles. The molecule has 1 aliphatic rings. The molecule has 0 saturated heterocycles. The summed E-state index contributed by atoms with van der Waals surface area (Å²) in [5.41, 5.74) is -1.21. The van der Waals surface area contributed by atoms with Crippen molar-refractivity contribution < 1.29 is 23.8 Å². The Balaban J connectivity index is 2.57. The first-order valence-electron chi connectivity index (χ1n) is 5.65. The van der Waals surface area contributed by atoms with Gasteiger partial charge >= 0.3 is 5.97 Å². The first kappa shape index (κ1) is 12.9. The molecular weight excluding hydrogens is 246 g/mol. The van der Waals surface area contributed by atoms with Crippen LogP contribution in [0.1, 0.15) is 43.1 Å². The van der Waals surface area contributed by atoms with Gasteiger partial charge in [-0.2, -0.15) is 5.10 Å². The third-order valence-corrected chi connectivity index (χ3v) is 3.17. The van der Waals surface area contributed by atoms with E-state index < -0.39 is 30.2 Å². The lowest BCUT2D eigenvalue weighted by molar-refractivity contribution is -0.138. The number of aliphatic hydroxyl groups is 1. The highest BCUT2D eigenvalue weighted by atomic mass is 19.3. The van der Waals surface area contributed by atoms with Crippen LogP contribution in [0.3, 0.4) is 0 Å². The highest BCUT2D eigenvalue weighted by molar-refractivity contribution is 5.66. The van der Waals surface area contributed by atoms with E-state index in [4.69, 9.17) is 5.11 Å². The van der Waals surface area contributed by atoms with Crippen molar-refractivity contribution in [3.05, 3.63) is 17.0 Å². The normalized spacial score (nSPS) is 23.2. The lowest BCUT2D eigenvalue weighted by Gasteiger charge is -2.29. The molecule has 0 bridgehead atoms. The maximum atomic E-state index is 12.9. The van der Waals surface area contributed by atoms with E-state index in [1.165, 1.54) is 6.92 Å². The highest BCUT2D eigenvalue weighted by Crippen LogP contribution is 2.39. The quantitative estimate of drug-likeness (QED) is 0.862. The van der Waals surface area contributed by atoms with Crippen LogP contribution in [0.15, 0.2) is 0 Å². The Morgan fingerprint density at radius 1 is 1.61 bits per heavy atom. The number of hydrogen-bond acceptors (Lipinski definition) is 3. The first-order valence-corrected chi connectivity index (χ1v) is 5.65. The zero-order chi connectivity index (χ0) is 13.5. The zero-order valence-electron chi connectivity index (χ0n) is 9.86. The van der Waals surface area contributed by atoms with Gasteiger partial charge in [0.25, 0.3) is 6.43 Å². The molecule has 5 nitrogen and oxygen atoms in total. The molecule has 1 aromatic heterocycles. The number of nitrogens with zero attached hydrogens (tertiary/aromatic N) is 2. The van der Waals surface area contributed by atoms with E-state index in [1.807, 2.05) is 0 Å². The smallest absolute Gasteiger partial charge is 0.325 e. The molecule has 0 spiro atoms. The Kier molecular flexibility index (Phi) is 3.10. The number of carboxylic acids is 1. The molecule has 0 radical (unpaired) electrons. The van der Waals surface area contributed by atoms with E-state index in [0.717, 1.165) is 4.68 Å². The summed E-state index contributed by atoms with van der Waals surface area (Å²) in [5, 5.41) is 22.6. The lowest BCUT2D eigenvalue weighted by Crippen LogP contribution is -2.31. The number of carboxylic acid groups (broad SMARTS) is 1. The van der Waals surface area contributed by atoms with Gasteiger partial charge in [-0.3, -0.25) is 9.48 Å². The van der Waals surface area contributed by atoms with E-state index in [2.05, 4.69) is 5.10 Å². The van der Waals surface area contributed by atoms with Crippen LogP contribution in [0, 0.1) is 0 Å². The van der Waals surface area contributed by atoms with Crippen molar-refractivity contribution in [2.24, 2.45) is 0 Å². The summed E-state index contributed by atoms with van der Waals surface area (Å²) < 4.78 is 26.7. The fraction of sp³-hybridized carbons (Fsp3) is 0.636. The van der Waals surface area contributed by atoms with E-state index in [1.54, 1.807) is 0 Å². The van der Waals surface area contributed by atoms with Crippen LogP contribution >= 0.6 is 0 Å². The van der Waals surface area contributed by atoms with E-state index in [9.17, 15) is 18.7 Å². The number of hydrogen-bond donors (Lipinski definition) is 2. The van der Waals surface area contributed by atoms with Gasteiger partial charge in [0.05, 0.1) is 5.69 Å². The van der Waals surface area contributed by atoms with Gasteiger partial charge < -0.3 is 10.2 Å². The molecule has 2 rings (SSSR count). The van der Waals surface area contributed by atoms with Gasteiger partial charge in [0.1, 0.15) is 17.8 Å². The van der Waals surface area contributed by atoms with Crippen molar-refractivity contribution in [1.82, 2.24) is 9.78 Å². The number of aliphatic carboxylic acids is 1. The SMILES string of the molecule is CC1(O)CCCc2c(C(F)F)nn(CC(=O)O)c21. The van der Waals surface area contributed by atoms with Gasteiger partial charge in [0.2, 0.25) is 0 Å². The minimum atomic E-state index is -2.76. The minimum Gasteiger partial charge on any atom is -0.480 e. The summed E-state index contributed by atoms with van der Waals surface area (Å²) in [4.78, 5) is 10.7. The van der Waals surface area contributed by atoms with E-state index in [0.29, 0.717) is 24.8 Å². The average Bonchev–Trinajstić information content (AvgIpc) is 2.56. The maximum Gasteiger partial charge on any atom is 0.325 e. The number of rotatable bonds is 3. The van der Waals surface area contributed by atoms with Crippen molar-refractivity contribution in [2.75, 3.05) is 0 Å². The third kappa shape index (κ3) is 2.10. The predicted molar refractivity (Wildman–Crippen MR) is 57.3 cm³/mol. The van der Waals surface area contributed by atoms with Gasteiger partial charge in [0, 0.05) is 5.56 Å². The van der Waals surface area contributed by atoms with E-state index >= 15 is 0 Å². The molecule has 0 fully saturated rings. The number of halogens is 2. The van der Waals surface area contributed by atoms with Crippen molar-refractivity contribution in [3.8, 4) is 0 Å². The third-order valence-electron chi connectivity index (χ3n) is 3.17. The molecule has 1 unspecified atom stereocenters. The lowest BCUT2D eigenvalue weighted by atomic mass is 9.84. The molecule has 0 amide bonds. The average molecular weight is 260 g/mol. The van der Waals surface area contributed by atoms with Crippen LogP contribution in [0.4, 0.5) is 8.78 Å². The summed E-state index contributed by atoms with van der Waals surface area (Å²) in [6.07, 6.45) is -1.38. The van der Waals surface area contributed by atoms with Crippen LogP contribution in [-0.4, -0.2) is 26.0 Å². The standard InChI is InChI=1S/C11H14F2N2O3/c1-11(18)4-2-3-6-8(10(12)13)14-15(9(6)11)5-7(16)17/h10,18H,2-5H2,1H3,(H,16,17). The maximum absolute atomic E-state index is 12.9. The van der Waals surface area contributed by atoms with Crippen LogP contribution < -0.4 is 0 Å². The van der Waals surface area contributed by atoms with Gasteiger partial charge in [-0.05, 0) is 26.2 Å². The zero-order valence-corrected chi connectivity index (χ0v) is 9.86. The van der Waals surface area contributed by atoms with Gasteiger partial charge in [-0.25, -0.2) is 8.78 Å². The van der Waals surface area contributed by atoms with Gasteiger partial charge in [-0.1, -0.05) is 0 Å². The Morgan fingerprint density at radius 3 is 2.83 bits per heavy atom. The fourth-order valence-corrected chi connectivity index (χ4v) is 2.51. The molecule has 100 valence electrons. The molecule has 1 atom stereocenters. The molecule has 0 aliphatic heterocycles. The molecular formula is C11H14F2N2O3. The van der Waals surface area contributed by atoms with Crippen LogP contribution in [0.5, 0.6) is 0 Å². The van der Waals surface area contributed by atoms with Crippen molar-refractivity contribution >= 4 is 5.97 Å². The molecule has 18 heavy (non-hydrogen) atoms. The number of fused-ring (bicyclic) bond motifs is 1. The first-order chi connectivity index (χ1) is 8.33. The van der Waals surface area contributed by atoms with Crippen LogP contribution in [-0.2, 0) is 23.4 Å². The second-order valence-corrected chi connectivity index (χ2v) is 4.69. The molecule has 7 heteroatoms. The Morgan fingerprint density at radius 2 is 2.28 bits per heavy atom. The predicted octanol–water partition coefficient (Wildman–Crippen LogP) is 1.45. The molecule has 0 saturated carbocycles. The number of alkyl halides is 2. The second kappa shape index (κ2) is 4.31. The number of aromatic nitrogens is 2. The highest BCUT2D eigenvalue weighted by Gasteiger charge is 2.38. The monoisotopic (exact) mass is 260 g/mol. The van der Waals surface area contributed by atoms with E-state index in [-0.39, 0.29) is 5.69 Å². The Labute approximate surface area is 102 Å². The fourth-order valence-electron chi connectivity index (χ4n) is 2.51. The van der Waals surface area contributed by atoms with Crippen molar-refractivity contribution in [3.63, 3.8) is 0 Å². The van der Waals surface area contributed by atoms with Gasteiger partial charge in [-0.15, -0.1) is 0 Å². The van der Waals surface area contributed by atoms with Gasteiger partial charge in [0.15, 0.2) is 0 Å². The molecule has 1 aromatic rings. The molecule has 0 aromatic carbocycles. The molecule has 1 aliphatic carbocycles. The summed E-state index contributed by atoms with van der Waals surface area (Å²) in [6, 6.07) is 0.